The first-order valence-corrected chi connectivity index (χ1v) is 12.9. The van der Waals surface area contributed by atoms with E-state index >= 15 is 0 Å². The quantitative estimate of drug-likeness (QED) is 0.340. The van der Waals surface area contributed by atoms with Gasteiger partial charge in [0.25, 0.3) is 0 Å². The molecule has 0 amide bonds. The van der Waals surface area contributed by atoms with Gasteiger partial charge >= 0.3 is 11.7 Å². The molecule has 38 heavy (non-hydrogen) atoms. The molecule has 0 saturated carbocycles. The van der Waals surface area contributed by atoms with Crippen molar-refractivity contribution < 1.29 is 32.2 Å². The number of imidazole rings is 1. The molecule has 10 nitrogen and oxygen atoms in total. The van der Waals surface area contributed by atoms with Gasteiger partial charge in [-0.05, 0) is 50.6 Å². The first-order chi connectivity index (χ1) is 17.8. The molecule has 0 bridgehead atoms. The number of carboxylic acids is 1. The van der Waals surface area contributed by atoms with E-state index in [0.29, 0.717) is 5.56 Å². The van der Waals surface area contributed by atoms with Crippen LogP contribution in [0, 0.1) is 12.7 Å². The Morgan fingerprint density at radius 1 is 1.16 bits per heavy atom. The number of nitrogens with zero attached hydrogens (tertiary/aromatic N) is 2. The topological polar surface area (TPSA) is 141 Å². The summed E-state index contributed by atoms with van der Waals surface area (Å²) >= 11 is 6.47. The minimum Gasteiger partial charge on any atom is -0.496 e. The van der Waals surface area contributed by atoms with Gasteiger partial charge in [0.05, 0.1) is 36.0 Å². The molecule has 200 valence electrons. The van der Waals surface area contributed by atoms with Gasteiger partial charge in [-0.25, -0.2) is 31.9 Å². The van der Waals surface area contributed by atoms with Crippen molar-refractivity contribution in [2.45, 2.75) is 30.4 Å². The van der Waals surface area contributed by atoms with E-state index in [1.54, 1.807) is 6.92 Å². The molecule has 2 N–H and O–H groups in total. The van der Waals surface area contributed by atoms with Gasteiger partial charge in [0.1, 0.15) is 27.0 Å². The first-order valence-electron chi connectivity index (χ1n) is 11.1. The smallest absolute Gasteiger partial charge is 0.354 e. The van der Waals surface area contributed by atoms with Crippen LogP contribution in [0.1, 0.15) is 35.5 Å². The van der Waals surface area contributed by atoms with Crippen LogP contribution >= 0.6 is 11.6 Å². The number of fused-ring (bicyclic) bond motifs is 1. The fourth-order valence-corrected chi connectivity index (χ4v) is 6.23. The molecule has 4 aromatic rings. The minimum absolute atomic E-state index is 0.0282. The van der Waals surface area contributed by atoms with Crippen molar-refractivity contribution in [3.8, 4) is 17.2 Å². The Morgan fingerprint density at radius 2 is 1.82 bits per heavy atom. The molecule has 0 aliphatic heterocycles. The molecule has 0 saturated heterocycles. The molecule has 0 aliphatic rings. The van der Waals surface area contributed by atoms with Gasteiger partial charge in [0, 0.05) is 6.07 Å². The third-order valence-electron chi connectivity index (χ3n) is 6.30. The number of hydrogen-bond acceptors (Lipinski definition) is 7. The Balaban J connectivity index is 2.05. The molecule has 0 radical (unpaired) electrons. The van der Waals surface area contributed by atoms with E-state index in [4.69, 9.17) is 21.1 Å². The zero-order valence-corrected chi connectivity index (χ0v) is 22.5. The van der Waals surface area contributed by atoms with E-state index in [1.807, 2.05) is 0 Å². The van der Waals surface area contributed by atoms with Crippen LogP contribution in [-0.2, 0) is 14.6 Å². The Hall–Kier alpha value is -3.90. The maximum absolute atomic E-state index is 15.0. The maximum Gasteiger partial charge on any atom is 0.354 e. The van der Waals surface area contributed by atoms with E-state index in [0.717, 1.165) is 16.7 Å². The van der Waals surface area contributed by atoms with Crippen molar-refractivity contribution in [1.82, 2.24) is 14.5 Å². The van der Waals surface area contributed by atoms with Crippen molar-refractivity contribution in [2.24, 2.45) is 0 Å². The molecule has 0 fully saturated rings. The molecule has 0 spiro atoms. The summed E-state index contributed by atoms with van der Waals surface area (Å²) < 4.78 is 52.9. The molecule has 2 aromatic heterocycles. The lowest BCUT2D eigenvalue weighted by Gasteiger charge is -2.28. The molecule has 13 heteroatoms. The normalized spacial score (nSPS) is 12.1. The van der Waals surface area contributed by atoms with Crippen LogP contribution in [0.3, 0.4) is 0 Å². The van der Waals surface area contributed by atoms with E-state index in [1.165, 1.54) is 52.3 Å². The van der Waals surface area contributed by atoms with Crippen LogP contribution in [0.2, 0.25) is 5.02 Å². The summed E-state index contributed by atoms with van der Waals surface area (Å²) in [5, 5.41) is 9.37. The van der Waals surface area contributed by atoms with Crippen molar-refractivity contribution in [3.63, 3.8) is 0 Å². The Bertz CT molecular complexity index is 1780. The highest BCUT2D eigenvalue weighted by Crippen LogP contribution is 2.45. The van der Waals surface area contributed by atoms with Gasteiger partial charge < -0.3 is 19.6 Å². The van der Waals surface area contributed by atoms with E-state index in [2.05, 4.69) is 9.97 Å². The van der Waals surface area contributed by atoms with Crippen molar-refractivity contribution in [2.75, 3.05) is 14.2 Å². The highest BCUT2D eigenvalue weighted by Gasteiger charge is 2.43. The number of aromatic carboxylic acids is 1. The zero-order valence-electron chi connectivity index (χ0n) is 20.9. The zero-order chi connectivity index (χ0) is 28.2. The number of hydrogen-bond donors (Lipinski definition) is 2. The Kier molecular flexibility index (Phi) is 6.74. The number of H-pyrrole nitrogens is 1. The largest absolute Gasteiger partial charge is 0.496 e. The molecule has 0 aliphatic carbocycles. The standard InChI is InChI=1S/C25H23ClFN3O7S/c1-12-9-15(23(31)32)28-22-21(12)29-24(33)30(22)16-11-19(18(37-5)10-13(16)26)38(34,35)25(2,3)20-14(27)7-6-8-17(20)36-4/h6-11H,1-5H3,(H,29,33)(H,31,32). The number of sulfone groups is 1. The van der Waals surface area contributed by atoms with Gasteiger partial charge in [-0.2, -0.15) is 0 Å². The molecule has 2 heterocycles. The number of methoxy groups -OCH3 is 2. The summed E-state index contributed by atoms with van der Waals surface area (Å²) in [5.74, 6) is -2.23. The average molecular weight is 564 g/mol. The van der Waals surface area contributed by atoms with Gasteiger partial charge in [-0.15, -0.1) is 0 Å². The van der Waals surface area contributed by atoms with Crippen molar-refractivity contribution in [1.29, 1.82) is 0 Å². The van der Waals surface area contributed by atoms with Gasteiger partial charge in [-0.3, -0.25) is 0 Å². The number of carbonyl (C=O) groups is 1. The van der Waals surface area contributed by atoms with Crippen LogP contribution in [0.25, 0.3) is 16.9 Å². The van der Waals surface area contributed by atoms with Crippen LogP contribution in [0.5, 0.6) is 11.5 Å². The minimum atomic E-state index is -4.46. The summed E-state index contributed by atoms with van der Waals surface area (Å²) in [6, 6.07) is 7.58. The lowest BCUT2D eigenvalue weighted by Crippen LogP contribution is -2.31. The second-order valence-electron chi connectivity index (χ2n) is 8.88. The second-order valence-corrected chi connectivity index (χ2v) is 11.8. The molecule has 4 rings (SSSR count). The monoisotopic (exact) mass is 563 g/mol. The van der Waals surface area contributed by atoms with Crippen LogP contribution in [0.4, 0.5) is 4.39 Å². The lowest BCUT2D eigenvalue weighted by atomic mass is 10.0. The van der Waals surface area contributed by atoms with E-state index < -0.39 is 32.1 Å². The Labute approximate surface area is 221 Å². The van der Waals surface area contributed by atoms with Gasteiger partial charge in [-0.1, -0.05) is 17.7 Å². The maximum atomic E-state index is 15.0. The highest BCUT2D eigenvalue weighted by atomic mass is 35.5. The predicted molar refractivity (Wildman–Crippen MR) is 138 cm³/mol. The second kappa shape index (κ2) is 9.44. The fraction of sp³-hybridized carbons (Fsp3) is 0.240. The van der Waals surface area contributed by atoms with Gasteiger partial charge in [0.15, 0.2) is 21.2 Å². The fourth-order valence-electron chi connectivity index (χ4n) is 4.30. The number of aromatic amines is 1. The summed E-state index contributed by atoms with van der Waals surface area (Å²) in [7, 11) is -1.92. The summed E-state index contributed by atoms with van der Waals surface area (Å²) in [6.07, 6.45) is 0. The summed E-state index contributed by atoms with van der Waals surface area (Å²) in [4.78, 5) is 30.9. The lowest BCUT2D eigenvalue weighted by molar-refractivity contribution is 0.0690. The number of ether oxygens (including phenoxy) is 2. The molecular weight excluding hydrogens is 541 g/mol. The van der Waals surface area contributed by atoms with E-state index in [-0.39, 0.29) is 49.5 Å². The van der Waals surface area contributed by atoms with Crippen molar-refractivity contribution >= 4 is 38.6 Å². The number of pyridine rings is 1. The number of nitrogens with one attached hydrogen (secondary N) is 1. The van der Waals surface area contributed by atoms with E-state index in [9.17, 15) is 27.5 Å². The number of rotatable bonds is 7. The third-order valence-corrected chi connectivity index (χ3v) is 9.04. The summed E-state index contributed by atoms with van der Waals surface area (Å²) in [5.41, 5.74) is -0.766. The number of aryl methyl sites for hydroxylation is 1. The summed E-state index contributed by atoms with van der Waals surface area (Å²) in [6.45, 7) is 4.23. The average Bonchev–Trinajstić information content (AvgIpc) is 3.19. The number of aromatic nitrogens is 3. The predicted octanol–water partition coefficient (Wildman–Crippen LogP) is 4.24. The number of benzene rings is 2. The van der Waals surface area contributed by atoms with Crippen LogP contribution < -0.4 is 15.2 Å². The van der Waals surface area contributed by atoms with Gasteiger partial charge in [0.2, 0.25) is 0 Å². The number of carboxylic acid groups (broad SMARTS) is 1. The van der Waals surface area contributed by atoms with Crippen molar-refractivity contribution in [3.05, 3.63) is 74.5 Å². The van der Waals surface area contributed by atoms with Crippen LogP contribution in [0.15, 0.2) is 46.1 Å². The molecule has 2 aromatic carbocycles. The van der Waals surface area contributed by atoms with Crippen LogP contribution in [-0.4, -0.2) is 48.2 Å². The molecule has 0 unspecified atom stereocenters. The Morgan fingerprint density at radius 3 is 2.42 bits per heavy atom. The first kappa shape index (κ1) is 27.1. The molecular formula is C25H23ClFN3O7S. The third kappa shape index (κ3) is 4.09. The SMILES string of the molecule is COc1cc(Cl)c(-n2c(=O)[nH]c3c(C)cc(C(=O)O)nc32)cc1S(=O)(=O)C(C)(C)c1c(F)cccc1OC. The molecule has 0 atom stereocenters. The number of halogens is 2. The highest BCUT2D eigenvalue weighted by molar-refractivity contribution is 7.92.